The molecule has 0 saturated heterocycles. The van der Waals surface area contributed by atoms with Crippen molar-refractivity contribution in [2.24, 2.45) is 0 Å². The third-order valence-corrected chi connectivity index (χ3v) is 6.28. The Hall–Kier alpha value is -3.17. The number of aromatic nitrogens is 4. The number of nitrogens with one attached hydrogen (secondary N) is 1. The Balaban J connectivity index is 1.41. The van der Waals surface area contributed by atoms with E-state index in [0.29, 0.717) is 33.9 Å². The summed E-state index contributed by atoms with van der Waals surface area (Å²) in [5, 5.41) is 7.58. The Bertz CT molecular complexity index is 1220. The highest BCUT2D eigenvalue weighted by Crippen LogP contribution is 2.28. The van der Waals surface area contributed by atoms with Crippen molar-refractivity contribution in [2.45, 2.75) is 41.5 Å². The normalized spacial score (nSPS) is 10.8. The Morgan fingerprint density at radius 1 is 0.969 bits per heavy atom. The average molecular weight is 464 g/mol. The van der Waals surface area contributed by atoms with Crippen molar-refractivity contribution in [1.82, 2.24) is 20.1 Å². The maximum atomic E-state index is 12.9. The molecular weight excluding hydrogens is 442 g/mol. The molecule has 0 spiro atoms. The van der Waals surface area contributed by atoms with Crippen molar-refractivity contribution >= 4 is 35.1 Å². The van der Waals surface area contributed by atoms with Crippen molar-refractivity contribution in [3.8, 4) is 0 Å². The second-order valence-electron chi connectivity index (χ2n) is 7.03. The molecule has 0 fully saturated rings. The van der Waals surface area contributed by atoms with Gasteiger partial charge in [0.2, 0.25) is 5.89 Å². The van der Waals surface area contributed by atoms with Crippen LogP contribution in [0.15, 0.2) is 74.1 Å². The van der Waals surface area contributed by atoms with Crippen molar-refractivity contribution in [3.63, 3.8) is 0 Å². The van der Waals surface area contributed by atoms with Crippen molar-refractivity contribution < 1.29 is 9.32 Å². The molecule has 0 saturated carbocycles. The van der Waals surface area contributed by atoms with Gasteiger partial charge < -0.3 is 9.84 Å². The summed E-state index contributed by atoms with van der Waals surface area (Å²) in [5.74, 6) is 1.48. The van der Waals surface area contributed by atoms with E-state index < -0.39 is 0 Å². The number of benzene rings is 2. The van der Waals surface area contributed by atoms with Gasteiger partial charge in [-0.3, -0.25) is 4.79 Å². The molecule has 1 amide bonds. The van der Waals surface area contributed by atoms with Crippen LogP contribution in [0.25, 0.3) is 0 Å². The van der Waals surface area contributed by atoms with Crippen molar-refractivity contribution in [3.05, 3.63) is 83.3 Å². The van der Waals surface area contributed by atoms with Crippen LogP contribution in [0.3, 0.4) is 0 Å². The topological polar surface area (TPSA) is 93.8 Å². The highest BCUT2D eigenvalue weighted by atomic mass is 32.2. The zero-order valence-corrected chi connectivity index (χ0v) is 19.5. The van der Waals surface area contributed by atoms with Gasteiger partial charge in [0.15, 0.2) is 11.0 Å². The molecule has 0 bridgehead atoms. The highest BCUT2D eigenvalue weighted by Gasteiger charge is 2.13. The summed E-state index contributed by atoms with van der Waals surface area (Å²) >= 11 is 2.99. The van der Waals surface area contributed by atoms with E-state index in [9.17, 15) is 4.79 Å². The molecule has 0 aliphatic carbocycles. The molecular formula is C23H21N5O2S2. The molecule has 1 N–H and O–H groups in total. The summed E-state index contributed by atoms with van der Waals surface area (Å²) in [6.45, 7) is 5.66. The van der Waals surface area contributed by atoms with E-state index in [2.05, 4.69) is 25.4 Å². The zero-order chi connectivity index (χ0) is 22.5. The van der Waals surface area contributed by atoms with Gasteiger partial charge in [-0.2, -0.15) is 4.98 Å². The lowest BCUT2D eigenvalue weighted by molar-refractivity contribution is 0.102. The fraction of sp³-hybridized carbons (Fsp3) is 0.174. The van der Waals surface area contributed by atoms with Gasteiger partial charge in [-0.1, -0.05) is 17.3 Å². The maximum Gasteiger partial charge on any atom is 0.256 e. The third kappa shape index (κ3) is 5.74. The number of rotatable bonds is 7. The zero-order valence-electron chi connectivity index (χ0n) is 17.8. The quantitative estimate of drug-likeness (QED) is 0.284. The Kier molecular flexibility index (Phi) is 6.87. The Labute approximate surface area is 194 Å². The van der Waals surface area contributed by atoms with E-state index in [4.69, 9.17) is 4.52 Å². The summed E-state index contributed by atoms with van der Waals surface area (Å²) in [6, 6.07) is 17.1. The van der Waals surface area contributed by atoms with E-state index in [0.717, 1.165) is 21.2 Å². The molecule has 0 aliphatic heterocycles. The van der Waals surface area contributed by atoms with E-state index >= 15 is 0 Å². The maximum absolute atomic E-state index is 12.9. The van der Waals surface area contributed by atoms with Crippen LogP contribution in [0.4, 0.5) is 5.69 Å². The largest absolute Gasteiger partial charge is 0.340 e. The number of hydrogen-bond donors (Lipinski definition) is 1. The van der Waals surface area contributed by atoms with Crippen LogP contribution in [-0.4, -0.2) is 26.0 Å². The fourth-order valence-electron chi connectivity index (χ4n) is 2.97. The molecule has 7 nitrogen and oxygen atoms in total. The van der Waals surface area contributed by atoms with Gasteiger partial charge in [-0.05, 0) is 68.1 Å². The van der Waals surface area contributed by atoms with E-state index in [1.165, 1.54) is 23.5 Å². The van der Waals surface area contributed by atoms with Crippen LogP contribution >= 0.6 is 23.5 Å². The molecule has 2 aromatic heterocycles. The van der Waals surface area contributed by atoms with Crippen LogP contribution in [0, 0.1) is 20.8 Å². The third-order valence-electron chi connectivity index (χ3n) is 4.34. The summed E-state index contributed by atoms with van der Waals surface area (Å²) in [6.07, 6.45) is 0. The number of anilines is 1. The minimum Gasteiger partial charge on any atom is -0.340 e. The number of nitrogens with zero attached hydrogens (tertiary/aromatic N) is 4. The van der Waals surface area contributed by atoms with Crippen LogP contribution in [0.1, 0.15) is 33.5 Å². The van der Waals surface area contributed by atoms with Gasteiger partial charge in [0, 0.05) is 33.8 Å². The van der Waals surface area contributed by atoms with Gasteiger partial charge in [-0.15, -0.1) is 11.8 Å². The number of aryl methyl sites for hydroxylation is 3. The lowest BCUT2D eigenvalue weighted by atomic mass is 10.2. The monoisotopic (exact) mass is 463 g/mol. The number of amides is 1. The Morgan fingerprint density at radius 3 is 2.38 bits per heavy atom. The smallest absolute Gasteiger partial charge is 0.256 e. The summed E-state index contributed by atoms with van der Waals surface area (Å²) in [7, 11) is 0. The first-order valence-corrected chi connectivity index (χ1v) is 11.7. The number of carbonyl (C=O) groups is 1. The van der Waals surface area contributed by atoms with Crippen LogP contribution < -0.4 is 5.32 Å². The first kappa shape index (κ1) is 22.0. The minimum atomic E-state index is -0.171. The lowest BCUT2D eigenvalue weighted by Gasteiger charge is -2.10. The van der Waals surface area contributed by atoms with Crippen LogP contribution in [0.5, 0.6) is 0 Å². The van der Waals surface area contributed by atoms with Gasteiger partial charge in [0.1, 0.15) is 0 Å². The molecule has 32 heavy (non-hydrogen) atoms. The van der Waals surface area contributed by atoms with E-state index in [1.807, 2.05) is 62.4 Å². The second kappa shape index (κ2) is 9.97. The van der Waals surface area contributed by atoms with Crippen molar-refractivity contribution in [2.75, 3.05) is 5.32 Å². The molecule has 9 heteroatoms. The van der Waals surface area contributed by atoms with Crippen LogP contribution in [-0.2, 0) is 5.75 Å². The van der Waals surface area contributed by atoms with Crippen LogP contribution in [0.2, 0.25) is 0 Å². The Morgan fingerprint density at radius 2 is 1.69 bits per heavy atom. The molecule has 0 aliphatic rings. The molecule has 0 unspecified atom stereocenters. The predicted molar refractivity (Wildman–Crippen MR) is 125 cm³/mol. The molecule has 4 aromatic rings. The second-order valence-corrected chi connectivity index (χ2v) is 9.09. The molecule has 2 aromatic carbocycles. The summed E-state index contributed by atoms with van der Waals surface area (Å²) < 4.78 is 5.00. The molecule has 162 valence electrons. The van der Waals surface area contributed by atoms with Crippen molar-refractivity contribution in [1.29, 1.82) is 0 Å². The predicted octanol–water partition coefficient (Wildman–Crippen LogP) is 5.48. The molecule has 2 heterocycles. The van der Waals surface area contributed by atoms with Gasteiger partial charge in [0.25, 0.3) is 5.91 Å². The summed E-state index contributed by atoms with van der Waals surface area (Å²) in [5.41, 5.74) is 3.19. The summed E-state index contributed by atoms with van der Waals surface area (Å²) in [4.78, 5) is 27.9. The molecule has 0 radical (unpaired) electrons. The first-order chi connectivity index (χ1) is 15.5. The van der Waals surface area contributed by atoms with E-state index in [-0.39, 0.29) is 5.91 Å². The number of thioether (sulfide) groups is 1. The average Bonchev–Trinajstić information content (AvgIpc) is 3.18. The lowest BCUT2D eigenvalue weighted by Crippen LogP contribution is -2.12. The molecule has 0 atom stereocenters. The minimum absolute atomic E-state index is 0.171. The number of hydrogen-bond acceptors (Lipinski definition) is 8. The number of carbonyl (C=O) groups excluding carboxylic acids is 1. The first-order valence-electron chi connectivity index (χ1n) is 9.89. The van der Waals surface area contributed by atoms with Gasteiger partial charge >= 0.3 is 0 Å². The highest BCUT2D eigenvalue weighted by molar-refractivity contribution is 7.99. The van der Waals surface area contributed by atoms with Gasteiger partial charge in [0.05, 0.1) is 11.3 Å². The van der Waals surface area contributed by atoms with Gasteiger partial charge in [-0.25, -0.2) is 9.97 Å². The van der Waals surface area contributed by atoms with E-state index in [1.54, 1.807) is 13.0 Å². The molecule has 4 rings (SSSR count). The standard InChI is InChI=1S/C23H21N5O2S2/c1-14-12-15(2)25-23(24-14)32-18-10-8-17(9-11-18)27-22(29)19-6-4-5-7-20(19)31-13-21-26-16(3)30-28-21/h4-12H,13H2,1-3H3,(H,27,29). The SMILES string of the molecule is Cc1cc(C)nc(Sc2ccc(NC(=O)c3ccccc3SCc3noc(C)n3)cc2)n1. The fourth-order valence-corrected chi connectivity index (χ4v) is 4.73.